The number of carbonyl (C=O) groups is 3. The standard InChI is InChI=1S/C29H31F3N4O6/c1-4-41-28(39)19-12-15(34-26(38)14-5-6-14)11-18(19)24(37)23-25(13(2)33)42-27(36-23)17-7-9-20(40-3)22-16(17)8-10-21(35-22)29(30,31)32/h7-10,13-15,18-19H,4-6,11-12,33H2,1-3H3,(H,34,38)/t13-,15-,18?,19+/m0/s1. The first-order chi connectivity index (χ1) is 19.9. The Balaban J connectivity index is 1.53. The fraction of sp³-hybridized carbons (Fsp3) is 0.483. The van der Waals surface area contributed by atoms with Gasteiger partial charge in [-0.15, -0.1) is 0 Å². The lowest BCUT2D eigenvalue weighted by molar-refractivity contribution is -0.149. The molecule has 2 fully saturated rings. The van der Waals surface area contributed by atoms with Crippen LogP contribution in [-0.2, 0) is 20.5 Å². The van der Waals surface area contributed by atoms with Crippen molar-refractivity contribution in [2.75, 3.05) is 13.7 Å². The Morgan fingerprint density at radius 2 is 1.83 bits per heavy atom. The number of hydrogen-bond acceptors (Lipinski definition) is 9. The number of esters is 1. The van der Waals surface area contributed by atoms with Gasteiger partial charge in [0, 0.05) is 28.8 Å². The van der Waals surface area contributed by atoms with Crippen molar-refractivity contribution in [2.24, 2.45) is 23.5 Å². The van der Waals surface area contributed by atoms with Gasteiger partial charge in [-0.1, -0.05) is 0 Å². The van der Waals surface area contributed by atoms with E-state index in [1.165, 1.54) is 19.2 Å². The molecule has 2 aromatic heterocycles. The van der Waals surface area contributed by atoms with Gasteiger partial charge in [-0.25, -0.2) is 9.97 Å². The van der Waals surface area contributed by atoms with E-state index >= 15 is 0 Å². The van der Waals surface area contributed by atoms with Gasteiger partial charge in [-0.05, 0) is 63.8 Å². The summed E-state index contributed by atoms with van der Waals surface area (Å²) in [5.41, 5.74) is 5.18. The summed E-state index contributed by atoms with van der Waals surface area (Å²) in [6.45, 7) is 3.39. The molecule has 2 heterocycles. The highest BCUT2D eigenvalue weighted by Crippen LogP contribution is 2.40. The Hall–Kier alpha value is -4.00. The number of ether oxygens (including phenoxy) is 2. The number of ketones is 1. The first-order valence-electron chi connectivity index (χ1n) is 13.8. The van der Waals surface area contributed by atoms with Crippen LogP contribution in [0, 0.1) is 17.8 Å². The third-order valence-corrected chi connectivity index (χ3v) is 7.64. The number of aromatic nitrogens is 2. The first-order valence-corrected chi connectivity index (χ1v) is 13.8. The Bertz CT molecular complexity index is 1530. The largest absolute Gasteiger partial charge is 0.494 e. The van der Waals surface area contributed by atoms with Crippen molar-refractivity contribution in [3.8, 4) is 17.2 Å². The van der Waals surface area contributed by atoms with E-state index in [1.807, 2.05) is 0 Å². The number of benzene rings is 1. The number of nitrogens with zero attached hydrogens (tertiary/aromatic N) is 2. The quantitative estimate of drug-likeness (QED) is 0.270. The summed E-state index contributed by atoms with van der Waals surface area (Å²) in [7, 11) is 1.31. The molecular formula is C29H31F3N4O6. The van der Waals surface area contributed by atoms with Gasteiger partial charge in [-0.2, -0.15) is 13.2 Å². The van der Waals surface area contributed by atoms with Gasteiger partial charge in [0.2, 0.25) is 11.8 Å². The van der Waals surface area contributed by atoms with Crippen LogP contribution in [0.4, 0.5) is 13.2 Å². The molecule has 1 unspecified atom stereocenters. The molecule has 10 nitrogen and oxygen atoms in total. The Morgan fingerprint density at radius 1 is 1.12 bits per heavy atom. The van der Waals surface area contributed by atoms with E-state index in [2.05, 4.69) is 15.3 Å². The van der Waals surface area contributed by atoms with E-state index in [0.717, 1.165) is 18.9 Å². The highest BCUT2D eigenvalue weighted by Gasteiger charge is 2.46. The molecule has 13 heteroatoms. The van der Waals surface area contributed by atoms with Crippen molar-refractivity contribution in [3.05, 3.63) is 41.4 Å². The van der Waals surface area contributed by atoms with Crippen LogP contribution in [-0.4, -0.2) is 47.4 Å². The summed E-state index contributed by atoms with van der Waals surface area (Å²) in [6, 6.07) is 3.88. The summed E-state index contributed by atoms with van der Waals surface area (Å²) in [6.07, 6.45) is -2.60. The second-order valence-electron chi connectivity index (χ2n) is 10.7. The number of halogens is 3. The van der Waals surface area contributed by atoms with Crippen LogP contribution in [0.1, 0.15) is 67.5 Å². The predicted molar refractivity (Wildman–Crippen MR) is 143 cm³/mol. The Morgan fingerprint density at radius 3 is 2.45 bits per heavy atom. The molecule has 42 heavy (non-hydrogen) atoms. The van der Waals surface area contributed by atoms with Gasteiger partial charge in [0.1, 0.15) is 17.0 Å². The number of carbonyl (C=O) groups excluding carboxylic acids is 3. The molecule has 3 N–H and O–H groups in total. The molecule has 2 saturated carbocycles. The Labute approximate surface area is 239 Å². The number of nitrogens with one attached hydrogen (secondary N) is 1. The summed E-state index contributed by atoms with van der Waals surface area (Å²) < 4.78 is 56.6. The molecule has 1 amide bonds. The smallest absolute Gasteiger partial charge is 0.433 e. The molecule has 0 spiro atoms. The maximum Gasteiger partial charge on any atom is 0.433 e. The third-order valence-electron chi connectivity index (χ3n) is 7.64. The molecular weight excluding hydrogens is 557 g/mol. The molecule has 0 bridgehead atoms. The average molecular weight is 589 g/mol. The number of oxazole rings is 1. The van der Waals surface area contributed by atoms with Crippen molar-refractivity contribution < 1.29 is 41.4 Å². The number of alkyl halides is 3. The van der Waals surface area contributed by atoms with E-state index in [0.29, 0.717) is 0 Å². The fourth-order valence-corrected chi connectivity index (χ4v) is 5.43. The minimum atomic E-state index is -4.67. The molecule has 0 aliphatic heterocycles. The summed E-state index contributed by atoms with van der Waals surface area (Å²) in [4.78, 5) is 47.5. The summed E-state index contributed by atoms with van der Waals surface area (Å²) >= 11 is 0. The highest BCUT2D eigenvalue weighted by molar-refractivity contribution is 6.01. The zero-order chi connectivity index (χ0) is 30.3. The van der Waals surface area contributed by atoms with Crippen molar-refractivity contribution in [1.29, 1.82) is 0 Å². The minimum Gasteiger partial charge on any atom is -0.494 e. The normalized spacial score (nSPS) is 21.3. The van der Waals surface area contributed by atoms with E-state index < -0.39 is 47.5 Å². The van der Waals surface area contributed by atoms with Crippen LogP contribution in [0.2, 0.25) is 0 Å². The van der Waals surface area contributed by atoms with Crippen molar-refractivity contribution >= 4 is 28.6 Å². The lowest BCUT2D eigenvalue weighted by Gasteiger charge is -2.16. The van der Waals surface area contributed by atoms with Gasteiger partial charge in [0.15, 0.2) is 17.2 Å². The molecule has 0 saturated heterocycles. The monoisotopic (exact) mass is 588 g/mol. The van der Waals surface area contributed by atoms with Crippen LogP contribution in [0.25, 0.3) is 22.4 Å². The molecule has 0 radical (unpaired) electrons. The third kappa shape index (κ3) is 5.69. The van der Waals surface area contributed by atoms with Crippen LogP contribution in [0.3, 0.4) is 0 Å². The molecule has 1 aromatic carbocycles. The molecule has 5 rings (SSSR count). The van der Waals surface area contributed by atoms with Crippen molar-refractivity contribution in [3.63, 3.8) is 0 Å². The number of Topliss-reactive ketones (excluding diaryl/α,β-unsaturated/α-hetero) is 1. The lowest BCUT2D eigenvalue weighted by Crippen LogP contribution is -2.34. The summed E-state index contributed by atoms with van der Waals surface area (Å²) in [5.74, 6) is -2.71. The van der Waals surface area contributed by atoms with Crippen molar-refractivity contribution in [2.45, 2.75) is 57.8 Å². The van der Waals surface area contributed by atoms with Gasteiger partial charge in [0.05, 0.1) is 25.7 Å². The second kappa shape index (κ2) is 11.3. The topological polar surface area (TPSA) is 147 Å². The number of rotatable bonds is 9. The first kappa shape index (κ1) is 29.5. The predicted octanol–water partition coefficient (Wildman–Crippen LogP) is 4.60. The molecule has 4 atom stereocenters. The number of hydrogen-bond donors (Lipinski definition) is 2. The van der Waals surface area contributed by atoms with E-state index in [4.69, 9.17) is 19.6 Å². The number of amides is 1. The fourth-order valence-electron chi connectivity index (χ4n) is 5.43. The number of nitrogens with two attached hydrogens (primary N) is 1. The summed E-state index contributed by atoms with van der Waals surface area (Å²) in [5, 5.41) is 3.21. The SMILES string of the molecule is CCOC(=O)[C@@H]1C[C@@H](NC(=O)C2CC2)CC1C(=O)c1nc(-c2ccc(OC)c3nc(C(F)(F)F)ccc23)oc1[C@H](C)N. The zero-order valence-corrected chi connectivity index (χ0v) is 23.3. The maximum atomic E-state index is 14.0. The molecule has 3 aromatic rings. The average Bonchev–Trinajstić information content (AvgIpc) is 3.57. The van der Waals surface area contributed by atoms with Crippen LogP contribution in [0.5, 0.6) is 5.75 Å². The van der Waals surface area contributed by atoms with E-state index in [-0.39, 0.29) is 70.8 Å². The minimum absolute atomic E-state index is 0.0374. The lowest BCUT2D eigenvalue weighted by atomic mass is 9.89. The van der Waals surface area contributed by atoms with Crippen LogP contribution in [0.15, 0.2) is 28.7 Å². The molecule has 2 aliphatic rings. The zero-order valence-electron chi connectivity index (χ0n) is 23.3. The van der Waals surface area contributed by atoms with Crippen LogP contribution >= 0.6 is 0 Å². The highest BCUT2D eigenvalue weighted by atomic mass is 19.4. The van der Waals surface area contributed by atoms with Crippen LogP contribution < -0.4 is 15.8 Å². The van der Waals surface area contributed by atoms with E-state index in [9.17, 15) is 27.6 Å². The van der Waals surface area contributed by atoms with Crippen molar-refractivity contribution in [1.82, 2.24) is 15.3 Å². The molecule has 224 valence electrons. The Kier molecular flexibility index (Phi) is 7.97. The number of fused-ring (bicyclic) bond motifs is 1. The maximum absolute atomic E-state index is 14.0. The molecule has 2 aliphatic carbocycles. The second-order valence-corrected chi connectivity index (χ2v) is 10.7. The number of pyridine rings is 1. The number of methoxy groups -OCH3 is 1. The van der Waals surface area contributed by atoms with Gasteiger partial charge in [0.25, 0.3) is 0 Å². The van der Waals surface area contributed by atoms with E-state index in [1.54, 1.807) is 19.9 Å². The van der Waals surface area contributed by atoms with Gasteiger partial charge >= 0.3 is 12.1 Å². The van der Waals surface area contributed by atoms with Gasteiger partial charge in [-0.3, -0.25) is 14.4 Å². The van der Waals surface area contributed by atoms with Gasteiger partial charge < -0.3 is 24.9 Å².